The molecule has 3 rings (SSSR count). The van der Waals surface area contributed by atoms with Gasteiger partial charge in [-0.3, -0.25) is 4.79 Å². The highest BCUT2D eigenvalue weighted by Gasteiger charge is 2.37. The molecule has 3 amide bonds. The normalized spacial score (nSPS) is 19.5. The zero-order valence-electron chi connectivity index (χ0n) is 14.4. The number of nitrogens with zero attached hydrogens (tertiary/aromatic N) is 1. The van der Waals surface area contributed by atoms with Gasteiger partial charge in [0.15, 0.2) is 0 Å². The minimum Gasteiger partial charge on any atom is -0.369 e. The Bertz CT molecular complexity index is 811. The maximum Gasteiger partial charge on any atom is 0.317 e. The maximum absolute atomic E-state index is 12.3. The van der Waals surface area contributed by atoms with Crippen LogP contribution in [0, 0.1) is 12.8 Å². The Labute approximate surface area is 151 Å². The molecule has 1 fully saturated rings. The third kappa shape index (κ3) is 3.44. The van der Waals surface area contributed by atoms with Gasteiger partial charge < -0.3 is 20.9 Å². The van der Waals surface area contributed by atoms with Crippen molar-refractivity contribution in [1.29, 1.82) is 0 Å². The SMILES string of the molecule is Cc1[nH]c2cccc(Cl)c2c1CCNC(=O)N(C)C1CC(C(N)=O)C1. The molecule has 1 heterocycles. The van der Waals surface area contributed by atoms with Crippen LogP contribution in [0.1, 0.15) is 24.1 Å². The van der Waals surface area contributed by atoms with Crippen molar-refractivity contribution in [2.24, 2.45) is 11.7 Å². The number of hydrogen-bond donors (Lipinski definition) is 3. The number of H-pyrrole nitrogens is 1. The molecule has 4 N–H and O–H groups in total. The van der Waals surface area contributed by atoms with Crippen LogP contribution in [-0.2, 0) is 11.2 Å². The molecule has 6 nitrogen and oxygen atoms in total. The van der Waals surface area contributed by atoms with Gasteiger partial charge in [0.05, 0.1) is 5.02 Å². The number of halogens is 1. The number of aromatic nitrogens is 1. The zero-order chi connectivity index (χ0) is 18.1. The van der Waals surface area contributed by atoms with Crippen molar-refractivity contribution in [2.45, 2.75) is 32.2 Å². The first-order valence-corrected chi connectivity index (χ1v) is 8.82. The van der Waals surface area contributed by atoms with E-state index in [0.29, 0.717) is 30.8 Å². The van der Waals surface area contributed by atoms with Gasteiger partial charge in [-0.15, -0.1) is 0 Å². The van der Waals surface area contributed by atoms with Gasteiger partial charge in [-0.25, -0.2) is 4.79 Å². The quantitative estimate of drug-likeness (QED) is 0.762. The minimum atomic E-state index is -0.281. The summed E-state index contributed by atoms with van der Waals surface area (Å²) in [7, 11) is 1.75. The standard InChI is InChI=1S/C18H23ClN4O2/c1-10-13(16-14(19)4-3-5-15(16)22-10)6-7-21-18(25)23(2)12-8-11(9-12)17(20)24/h3-5,11-12,22H,6-9H2,1-2H3,(H2,20,24)(H,21,25). The number of hydrogen-bond acceptors (Lipinski definition) is 2. The number of aryl methyl sites for hydroxylation is 1. The number of primary amides is 1. The van der Waals surface area contributed by atoms with E-state index in [1.54, 1.807) is 11.9 Å². The van der Waals surface area contributed by atoms with E-state index in [0.717, 1.165) is 22.2 Å². The van der Waals surface area contributed by atoms with E-state index in [-0.39, 0.29) is 23.9 Å². The average molecular weight is 363 g/mol. The van der Waals surface area contributed by atoms with Crippen molar-refractivity contribution in [1.82, 2.24) is 15.2 Å². The Morgan fingerprint density at radius 1 is 1.40 bits per heavy atom. The number of urea groups is 1. The summed E-state index contributed by atoms with van der Waals surface area (Å²) in [5.41, 5.74) is 8.47. The number of fused-ring (bicyclic) bond motifs is 1. The van der Waals surface area contributed by atoms with Crippen molar-refractivity contribution < 1.29 is 9.59 Å². The average Bonchev–Trinajstić information content (AvgIpc) is 2.82. The smallest absolute Gasteiger partial charge is 0.317 e. The summed E-state index contributed by atoms with van der Waals surface area (Å²) < 4.78 is 0. The van der Waals surface area contributed by atoms with Crippen LogP contribution in [0.5, 0.6) is 0 Å². The second-order valence-corrected chi connectivity index (χ2v) is 7.12. The highest BCUT2D eigenvalue weighted by atomic mass is 35.5. The van der Waals surface area contributed by atoms with Crippen LogP contribution in [0.2, 0.25) is 5.02 Å². The molecule has 1 aromatic heterocycles. The lowest BCUT2D eigenvalue weighted by molar-refractivity contribution is -0.125. The van der Waals surface area contributed by atoms with Gasteiger partial charge in [0.1, 0.15) is 0 Å². The lowest BCUT2D eigenvalue weighted by Gasteiger charge is -2.39. The predicted octanol–water partition coefficient (Wildman–Crippen LogP) is 2.58. The summed E-state index contributed by atoms with van der Waals surface area (Å²) in [6.45, 7) is 2.53. The Morgan fingerprint density at radius 3 is 2.80 bits per heavy atom. The van der Waals surface area contributed by atoms with E-state index in [9.17, 15) is 9.59 Å². The van der Waals surface area contributed by atoms with E-state index in [1.807, 2.05) is 25.1 Å². The van der Waals surface area contributed by atoms with Crippen LogP contribution in [-0.4, -0.2) is 41.5 Å². The molecule has 0 atom stereocenters. The molecule has 0 saturated heterocycles. The van der Waals surface area contributed by atoms with Crippen molar-refractivity contribution in [3.63, 3.8) is 0 Å². The van der Waals surface area contributed by atoms with E-state index >= 15 is 0 Å². The van der Waals surface area contributed by atoms with E-state index < -0.39 is 0 Å². The lowest BCUT2D eigenvalue weighted by Crippen LogP contribution is -2.52. The zero-order valence-corrected chi connectivity index (χ0v) is 15.2. The van der Waals surface area contributed by atoms with Crippen molar-refractivity contribution in [3.05, 3.63) is 34.5 Å². The molecule has 0 spiro atoms. The van der Waals surface area contributed by atoms with Crippen LogP contribution < -0.4 is 11.1 Å². The fraction of sp³-hybridized carbons (Fsp3) is 0.444. The summed E-state index contributed by atoms with van der Waals surface area (Å²) in [4.78, 5) is 28.3. The number of amides is 3. The largest absolute Gasteiger partial charge is 0.369 e. The molecule has 25 heavy (non-hydrogen) atoms. The fourth-order valence-corrected chi connectivity index (χ4v) is 3.72. The van der Waals surface area contributed by atoms with Gasteiger partial charge >= 0.3 is 6.03 Å². The number of carbonyl (C=O) groups is 2. The van der Waals surface area contributed by atoms with E-state index in [1.165, 1.54) is 0 Å². The summed E-state index contributed by atoms with van der Waals surface area (Å²) in [6, 6.07) is 5.74. The number of aromatic amines is 1. The number of nitrogens with two attached hydrogens (primary N) is 1. The first kappa shape index (κ1) is 17.6. The molecule has 1 aliphatic rings. The highest BCUT2D eigenvalue weighted by molar-refractivity contribution is 6.35. The van der Waals surface area contributed by atoms with Crippen molar-refractivity contribution >= 4 is 34.4 Å². The molecular weight excluding hydrogens is 340 g/mol. The molecule has 1 saturated carbocycles. The molecule has 0 unspecified atom stereocenters. The molecule has 1 aliphatic carbocycles. The molecule has 2 aromatic rings. The van der Waals surface area contributed by atoms with Gasteiger partial charge in [0.25, 0.3) is 0 Å². The van der Waals surface area contributed by atoms with Crippen molar-refractivity contribution in [3.8, 4) is 0 Å². The maximum atomic E-state index is 12.3. The summed E-state index contributed by atoms with van der Waals surface area (Å²) in [5, 5.41) is 4.68. The molecule has 1 aromatic carbocycles. The van der Waals surface area contributed by atoms with Crippen LogP contribution in [0.3, 0.4) is 0 Å². The number of rotatable bonds is 5. The van der Waals surface area contributed by atoms with Gasteiger partial charge in [-0.1, -0.05) is 17.7 Å². The minimum absolute atomic E-state index is 0.0850. The van der Waals surface area contributed by atoms with Gasteiger partial charge in [0, 0.05) is 42.1 Å². The van der Waals surface area contributed by atoms with Crippen LogP contribution in [0.4, 0.5) is 4.79 Å². The molecule has 7 heteroatoms. The van der Waals surface area contributed by atoms with Gasteiger partial charge in [0.2, 0.25) is 5.91 Å². The molecule has 0 aliphatic heterocycles. The number of carbonyl (C=O) groups excluding carboxylic acids is 2. The summed E-state index contributed by atoms with van der Waals surface area (Å²) in [5.74, 6) is -0.381. The van der Waals surface area contributed by atoms with E-state index in [2.05, 4.69) is 10.3 Å². The molecule has 134 valence electrons. The molecule has 0 radical (unpaired) electrons. The van der Waals surface area contributed by atoms with Gasteiger partial charge in [-0.05, 0) is 43.9 Å². The first-order chi connectivity index (χ1) is 11.9. The molecule has 0 bridgehead atoms. The van der Waals surface area contributed by atoms with Crippen LogP contribution in [0.25, 0.3) is 10.9 Å². The third-order valence-corrected chi connectivity index (χ3v) is 5.44. The Balaban J connectivity index is 1.56. The number of nitrogens with one attached hydrogen (secondary N) is 2. The third-order valence-electron chi connectivity index (χ3n) is 5.13. The van der Waals surface area contributed by atoms with Gasteiger partial charge in [-0.2, -0.15) is 0 Å². The number of benzene rings is 1. The Hall–Kier alpha value is -2.21. The fourth-order valence-electron chi connectivity index (χ4n) is 3.43. The topological polar surface area (TPSA) is 91.2 Å². The second-order valence-electron chi connectivity index (χ2n) is 6.71. The highest BCUT2D eigenvalue weighted by Crippen LogP contribution is 2.31. The van der Waals surface area contributed by atoms with E-state index in [4.69, 9.17) is 17.3 Å². The van der Waals surface area contributed by atoms with Crippen LogP contribution >= 0.6 is 11.6 Å². The Morgan fingerprint density at radius 2 is 2.12 bits per heavy atom. The van der Waals surface area contributed by atoms with Crippen LogP contribution in [0.15, 0.2) is 18.2 Å². The predicted molar refractivity (Wildman–Crippen MR) is 98.6 cm³/mol. The first-order valence-electron chi connectivity index (χ1n) is 8.44. The van der Waals surface area contributed by atoms with Crippen molar-refractivity contribution in [2.75, 3.05) is 13.6 Å². The summed E-state index contributed by atoms with van der Waals surface area (Å²) >= 11 is 6.32. The lowest BCUT2D eigenvalue weighted by atomic mass is 9.79. The second kappa shape index (κ2) is 6.96. The monoisotopic (exact) mass is 362 g/mol. The Kier molecular flexibility index (Phi) is 4.90. The summed E-state index contributed by atoms with van der Waals surface area (Å²) in [6.07, 6.45) is 2.00. The molecular formula is C18H23ClN4O2.